The van der Waals surface area contributed by atoms with Gasteiger partial charge in [-0.3, -0.25) is 0 Å². The largest absolute Gasteiger partial charge is 0.456 e. The third-order valence-electron chi connectivity index (χ3n) is 11.8. The van der Waals surface area contributed by atoms with E-state index in [0.717, 1.165) is 17.6 Å². The highest BCUT2D eigenvalue weighted by molar-refractivity contribution is 7.26. The molecule has 12 rings (SSSR count). The molecular formula is C52H32OS. The van der Waals surface area contributed by atoms with Crippen LogP contribution >= 0.6 is 11.3 Å². The first-order chi connectivity index (χ1) is 26.8. The number of hydrogen-bond donors (Lipinski definition) is 0. The highest BCUT2D eigenvalue weighted by Crippen LogP contribution is 2.48. The van der Waals surface area contributed by atoms with Crippen molar-refractivity contribution in [3.63, 3.8) is 0 Å². The number of rotatable bonds is 3. The van der Waals surface area contributed by atoms with Crippen LogP contribution in [0.15, 0.2) is 180 Å². The molecule has 9 aromatic carbocycles. The van der Waals surface area contributed by atoms with Crippen LogP contribution < -0.4 is 0 Å². The second-order valence-electron chi connectivity index (χ2n) is 14.7. The lowest BCUT2D eigenvalue weighted by atomic mass is 9.79. The lowest BCUT2D eigenvalue weighted by Gasteiger charge is -2.24. The summed E-state index contributed by atoms with van der Waals surface area (Å²) in [4.78, 5) is 0. The molecule has 0 saturated heterocycles. The molecule has 0 fully saturated rings. The van der Waals surface area contributed by atoms with Crippen molar-refractivity contribution < 1.29 is 4.42 Å². The van der Waals surface area contributed by atoms with Gasteiger partial charge in [-0.15, -0.1) is 11.3 Å². The first-order valence-electron chi connectivity index (χ1n) is 18.8. The second-order valence-corrected chi connectivity index (χ2v) is 15.8. The maximum absolute atomic E-state index is 6.34. The fourth-order valence-electron chi connectivity index (χ4n) is 9.37. The first kappa shape index (κ1) is 30.0. The van der Waals surface area contributed by atoms with Crippen LogP contribution in [-0.2, 0) is 0 Å². The zero-order chi connectivity index (χ0) is 35.3. The molecule has 0 saturated carbocycles. The zero-order valence-corrected chi connectivity index (χ0v) is 30.2. The van der Waals surface area contributed by atoms with E-state index in [1.165, 1.54) is 102 Å². The van der Waals surface area contributed by atoms with Gasteiger partial charge in [-0.25, -0.2) is 0 Å². The number of thiophene rings is 1. The van der Waals surface area contributed by atoms with Gasteiger partial charge in [-0.2, -0.15) is 0 Å². The van der Waals surface area contributed by atoms with E-state index in [0.29, 0.717) is 5.92 Å². The van der Waals surface area contributed by atoms with Crippen LogP contribution in [0.25, 0.3) is 102 Å². The summed E-state index contributed by atoms with van der Waals surface area (Å²) in [6.45, 7) is 0. The van der Waals surface area contributed by atoms with Crippen LogP contribution in [0.3, 0.4) is 0 Å². The predicted octanol–water partition coefficient (Wildman–Crippen LogP) is 15.4. The zero-order valence-electron chi connectivity index (χ0n) is 29.3. The van der Waals surface area contributed by atoms with E-state index < -0.39 is 0 Å². The Kier molecular flexibility index (Phi) is 6.40. The third-order valence-corrected chi connectivity index (χ3v) is 13.0. The van der Waals surface area contributed by atoms with Gasteiger partial charge in [0.05, 0.1) is 0 Å². The summed E-state index contributed by atoms with van der Waals surface area (Å²) in [6.07, 6.45) is 7.97. The van der Waals surface area contributed by atoms with Gasteiger partial charge in [0.2, 0.25) is 0 Å². The molecule has 1 aliphatic carbocycles. The van der Waals surface area contributed by atoms with Gasteiger partial charge >= 0.3 is 0 Å². The molecule has 1 aliphatic rings. The molecule has 0 spiro atoms. The maximum Gasteiger partial charge on any atom is 0.136 e. The Morgan fingerprint density at radius 2 is 1.17 bits per heavy atom. The highest BCUT2D eigenvalue weighted by Gasteiger charge is 2.23. The Morgan fingerprint density at radius 3 is 1.98 bits per heavy atom. The third kappa shape index (κ3) is 4.38. The van der Waals surface area contributed by atoms with E-state index in [-0.39, 0.29) is 0 Å². The smallest absolute Gasteiger partial charge is 0.136 e. The molecular weight excluding hydrogens is 673 g/mol. The molecule has 2 heterocycles. The van der Waals surface area contributed by atoms with Crippen LogP contribution in [0, 0.1) is 0 Å². The van der Waals surface area contributed by atoms with Gasteiger partial charge in [0.1, 0.15) is 11.2 Å². The first-order valence-corrected chi connectivity index (χ1v) is 19.6. The Morgan fingerprint density at radius 1 is 0.463 bits per heavy atom. The van der Waals surface area contributed by atoms with Gasteiger partial charge in [0.15, 0.2) is 0 Å². The SMILES string of the molecule is C1=CC(c2cccc3ccccc23)CC(c2c3ccccc3c(-c3ccc4sc5c6cc7oc8ccccc8c7cc6ccc5c4c3)c3ccccc23)=C1. The monoisotopic (exact) mass is 704 g/mol. The second kappa shape index (κ2) is 11.5. The van der Waals surface area contributed by atoms with Crippen LogP contribution in [-0.4, -0.2) is 0 Å². The predicted molar refractivity (Wildman–Crippen MR) is 233 cm³/mol. The van der Waals surface area contributed by atoms with E-state index in [9.17, 15) is 0 Å². The van der Waals surface area contributed by atoms with Crippen LogP contribution in [0.4, 0.5) is 0 Å². The van der Waals surface area contributed by atoms with E-state index in [1.807, 2.05) is 17.4 Å². The van der Waals surface area contributed by atoms with Crippen molar-refractivity contribution >= 4 is 102 Å². The van der Waals surface area contributed by atoms with Crippen molar-refractivity contribution in [2.24, 2.45) is 0 Å². The summed E-state index contributed by atoms with van der Waals surface area (Å²) in [5, 5.41) is 15.3. The lowest BCUT2D eigenvalue weighted by Crippen LogP contribution is -2.03. The average molecular weight is 705 g/mol. The molecule has 1 unspecified atom stereocenters. The van der Waals surface area contributed by atoms with E-state index in [4.69, 9.17) is 4.42 Å². The number of para-hydroxylation sites is 1. The minimum atomic E-state index is 0.307. The molecule has 1 atom stereocenters. The van der Waals surface area contributed by atoms with Crippen molar-refractivity contribution in [1.82, 2.24) is 0 Å². The van der Waals surface area contributed by atoms with Crippen molar-refractivity contribution in [3.05, 3.63) is 187 Å². The van der Waals surface area contributed by atoms with Gasteiger partial charge in [0, 0.05) is 42.2 Å². The Balaban J connectivity index is 1.04. The summed E-state index contributed by atoms with van der Waals surface area (Å²) < 4.78 is 8.95. The summed E-state index contributed by atoms with van der Waals surface area (Å²) in [7, 11) is 0. The van der Waals surface area contributed by atoms with Crippen molar-refractivity contribution in [2.45, 2.75) is 12.3 Å². The number of fused-ring (bicyclic) bond motifs is 11. The molecule has 252 valence electrons. The molecule has 0 bridgehead atoms. The Labute approximate surface area is 315 Å². The average Bonchev–Trinajstić information content (AvgIpc) is 3.79. The van der Waals surface area contributed by atoms with Gasteiger partial charge in [-0.05, 0) is 102 Å². The Hall–Kier alpha value is -6.48. The molecule has 11 aromatic rings. The summed E-state index contributed by atoms with van der Waals surface area (Å²) in [5.41, 5.74) is 8.56. The number of hydrogen-bond acceptors (Lipinski definition) is 2. The summed E-state index contributed by atoms with van der Waals surface area (Å²) in [5.74, 6) is 0.307. The fourth-order valence-corrected chi connectivity index (χ4v) is 10.6. The molecule has 0 N–H and O–H groups in total. The van der Waals surface area contributed by atoms with Crippen molar-refractivity contribution in [2.75, 3.05) is 0 Å². The van der Waals surface area contributed by atoms with Gasteiger partial charge in [-0.1, -0.05) is 146 Å². The summed E-state index contributed by atoms with van der Waals surface area (Å²) >= 11 is 1.88. The molecule has 1 nitrogen and oxygen atoms in total. The van der Waals surface area contributed by atoms with E-state index in [2.05, 4.69) is 170 Å². The molecule has 0 radical (unpaired) electrons. The highest BCUT2D eigenvalue weighted by atomic mass is 32.1. The topological polar surface area (TPSA) is 13.1 Å². The van der Waals surface area contributed by atoms with E-state index >= 15 is 0 Å². The minimum absolute atomic E-state index is 0.307. The van der Waals surface area contributed by atoms with Crippen LogP contribution in [0.2, 0.25) is 0 Å². The van der Waals surface area contributed by atoms with Crippen molar-refractivity contribution in [3.8, 4) is 11.1 Å². The molecule has 0 aliphatic heterocycles. The molecule has 2 heteroatoms. The van der Waals surface area contributed by atoms with E-state index in [1.54, 1.807) is 0 Å². The lowest BCUT2D eigenvalue weighted by molar-refractivity contribution is 0.669. The molecule has 0 amide bonds. The van der Waals surface area contributed by atoms with Crippen LogP contribution in [0.5, 0.6) is 0 Å². The number of furan rings is 1. The maximum atomic E-state index is 6.34. The number of allylic oxidation sites excluding steroid dienone is 4. The minimum Gasteiger partial charge on any atom is -0.456 e. The Bertz CT molecular complexity index is 3360. The summed E-state index contributed by atoms with van der Waals surface area (Å²) in [6, 6.07) is 58.2. The fraction of sp³-hybridized carbons (Fsp3) is 0.0385. The van der Waals surface area contributed by atoms with Crippen molar-refractivity contribution in [1.29, 1.82) is 0 Å². The van der Waals surface area contributed by atoms with Gasteiger partial charge < -0.3 is 4.42 Å². The van der Waals surface area contributed by atoms with Crippen LogP contribution in [0.1, 0.15) is 23.5 Å². The molecule has 2 aromatic heterocycles. The normalized spacial score (nSPS) is 14.8. The van der Waals surface area contributed by atoms with Gasteiger partial charge in [0.25, 0.3) is 0 Å². The number of benzene rings is 9. The quantitative estimate of drug-likeness (QED) is 0.167. The molecule has 54 heavy (non-hydrogen) atoms. The standard InChI is InChI=1S/C52H32OS/c1-2-15-36-31(11-1)12-10-21-37(36)32-13-9-14-34(27-32)50-39-17-3-5-19-41(39)51(42-20-6-4-18-40(42)50)35-24-26-49-46(29-35)43-25-23-33-28-45-38-16-7-8-22-47(38)53-48(45)30-44(33)52(43)54-49/h1-26,28-30,32H,27H2.